The van der Waals surface area contributed by atoms with Crippen molar-refractivity contribution in [3.8, 4) is 0 Å². The topological polar surface area (TPSA) is 72.2 Å². The Kier molecular flexibility index (Phi) is 2.77. The first-order chi connectivity index (χ1) is 7.07. The SMILES string of the molecule is NS(=O)(=O)c1ccc([C@@H]2CCCN2)cc1. The molecule has 1 atom stereocenters. The Hall–Kier alpha value is -0.910. The zero-order valence-electron chi connectivity index (χ0n) is 8.31. The van der Waals surface area contributed by atoms with Crippen LogP contribution in [0, 0.1) is 0 Å². The molecule has 1 aliphatic heterocycles. The average molecular weight is 226 g/mol. The van der Waals surface area contributed by atoms with Gasteiger partial charge >= 0.3 is 0 Å². The highest BCUT2D eigenvalue weighted by atomic mass is 32.2. The Labute approximate surface area is 89.5 Å². The molecule has 0 spiro atoms. The lowest BCUT2D eigenvalue weighted by molar-refractivity contribution is 0.597. The summed E-state index contributed by atoms with van der Waals surface area (Å²) < 4.78 is 22.1. The Morgan fingerprint density at radius 3 is 2.40 bits per heavy atom. The van der Waals surface area contributed by atoms with Crippen molar-refractivity contribution in [1.29, 1.82) is 0 Å². The lowest BCUT2D eigenvalue weighted by Gasteiger charge is -2.10. The molecule has 82 valence electrons. The maximum absolute atomic E-state index is 11.0. The summed E-state index contributed by atoms with van der Waals surface area (Å²) in [5.74, 6) is 0. The van der Waals surface area contributed by atoms with Crippen LogP contribution in [0.15, 0.2) is 29.2 Å². The normalized spacial score (nSPS) is 21.8. The molecule has 1 aromatic carbocycles. The molecule has 1 aliphatic rings. The first kappa shape index (κ1) is 10.6. The fourth-order valence-corrected chi connectivity index (χ4v) is 2.37. The minimum Gasteiger partial charge on any atom is -0.310 e. The third-order valence-electron chi connectivity index (χ3n) is 2.67. The highest BCUT2D eigenvalue weighted by Gasteiger charge is 2.16. The van der Waals surface area contributed by atoms with Gasteiger partial charge in [0, 0.05) is 6.04 Å². The summed E-state index contributed by atoms with van der Waals surface area (Å²) in [5, 5.41) is 8.37. The largest absolute Gasteiger partial charge is 0.310 e. The highest BCUT2D eigenvalue weighted by molar-refractivity contribution is 7.89. The van der Waals surface area contributed by atoms with Gasteiger partial charge in [0.05, 0.1) is 4.90 Å². The van der Waals surface area contributed by atoms with E-state index < -0.39 is 10.0 Å². The third kappa shape index (κ3) is 2.37. The smallest absolute Gasteiger partial charge is 0.238 e. The van der Waals surface area contributed by atoms with Crippen molar-refractivity contribution < 1.29 is 8.42 Å². The van der Waals surface area contributed by atoms with Crippen LogP contribution in [-0.2, 0) is 10.0 Å². The van der Waals surface area contributed by atoms with Gasteiger partial charge in [-0.1, -0.05) is 12.1 Å². The molecule has 0 radical (unpaired) electrons. The standard InChI is InChI=1S/C10H14N2O2S/c11-15(13,14)9-5-3-8(4-6-9)10-2-1-7-12-10/h3-6,10,12H,1-2,7H2,(H2,11,13,14)/t10-/m0/s1. The van der Waals surface area contributed by atoms with Gasteiger partial charge < -0.3 is 5.32 Å². The van der Waals surface area contributed by atoms with E-state index in [0.717, 1.165) is 18.5 Å². The van der Waals surface area contributed by atoms with Crippen LogP contribution in [-0.4, -0.2) is 15.0 Å². The quantitative estimate of drug-likeness (QED) is 0.782. The van der Waals surface area contributed by atoms with Crippen LogP contribution in [0.3, 0.4) is 0 Å². The van der Waals surface area contributed by atoms with Crippen molar-refractivity contribution in [2.45, 2.75) is 23.8 Å². The van der Waals surface area contributed by atoms with E-state index in [-0.39, 0.29) is 4.90 Å². The average Bonchev–Trinajstić information content (AvgIpc) is 2.69. The molecule has 1 aromatic rings. The van der Waals surface area contributed by atoms with Gasteiger partial charge in [-0.15, -0.1) is 0 Å². The fraction of sp³-hybridized carbons (Fsp3) is 0.400. The van der Waals surface area contributed by atoms with E-state index in [9.17, 15) is 8.42 Å². The first-order valence-corrected chi connectivity index (χ1v) is 6.48. The molecule has 0 saturated carbocycles. The van der Waals surface area contributed by atoms with Crippen molar-refractivity contribution in [3.63, 3.8) is 0 Å². The summed E-state index contributed by atoms with van der Waals surface area (Å²) in [6.45, 7) is 1.03. The van der Waals surface area contributed by atoms with Gasteiger partial charge in [0.15, 0.2) is 0 Å². The summed E-state index contributed by atoms with van der Waals surface area (Å²) in [5.41, 5.74) is 1.12. The fourth-order valence-electron chi connectivity index (χ4n) is 1.86. The maximum atomic E-state index is 11.0. The van der Waals surface area contributed by atoms with Crippen LogP contribution in [0.2, 0.25) is 0 Å². The van der Waals surface area contributed by atoms with Gasteiger partial charge in [-0.2, -0.15) is 0 Å². The summed E-state index contributed by atoms with van der Waals surface area (Å²) in [6, 6.07) is 7.13. The molecular formula is C10H14N2O2S. The number of hydrogen-bond acceptors (Lipinski definition) is 3. The Morgan fingerprint density at radius 1 is 1.27 bits per heavy atom. The van der Waals surface area contributed by atoms with Crippen LogP contribution in [0.5, 0.6) is 0 Å². The second-order valence-electron chi connectivity index (χ2n) is 3.76. The molecule has 2 rings (SSSR count). The molecule has 0 aromatic heterocycles. The maximum Gasteiger partial charge on any atom is 0.238 e. The van der Waals surface area contributed by atoms with Gasteiger partial charge in [-0.25, -0.2) is 13.6 Å². The van der Waals surface area contributed by atoms with Crippen LogP contribution in [0.4, 0.5) is 0 Å². The summed E-state index contributed by atoms with van der Waals surface area (Å²) in [7, 11) is -3.56. The Balaban J connectivity index is 2.24. The predicted molar refractivity (Wildman–Crippen MR) is 57.8 cm³/mol. The van der Waals surface area contributed by atoms with Crippen molar-refractivity contribution in [3.05, 3.63) is 29.8 Å². The molecular weight excluding hydrogens is 212 g/mol. The molecule has 0 aliphatic carbocycles. The number of nitrogens with one attached hydrogen (secondary N) is 1. The summed E-state index contributed by atoms with van der Waals surface area (Å²) in [4.78, 5) is 0.171. The second-order valence-corrected chi connectivity index (χ2v) is 5.32. The predicted octanol–water partition coefficient (Wildman–Crippen LogP) is 0.758. The zero-order valence-corrected chi connectivity index (χ0v) is 9.13. The third-order valence-corrected chi connectivity index (χ3v) is 3.60. The van der Waals surface area contributed by atoms with Crippen LogP contribution in [0.25, 0.3) is 0 Å². The molecule has 0 bridgehead atoms. The monoisotopic (exact) mass is 226 g/mol. The van der Waals surface area contributed by atoms with E-state index in [0.29, 0.717) is 6.04 Å². The van der Waals surface area contributed by atoms with E-state index >= 15 is 0 Å². The van der Waals surface area contributed by atoms with Crippen LogP contribution >= 0.6 is 0 Å². The number of sulfonamides is 1. The molecule has 1 saturated heterocycles. The van der Waals surface area contributed by atoms with E-state index in [1.54, 1.807) is 12.1 Å². The van der Waals surface area contributed by atoms with Crippen molar-refractivity contribution in [1.82, 2.24) is 5.32 Å². The van der Waals surface area contributed by atoms with E-state index in [2.05, 4.69) is 5.32 Å². The minimum atomic E-state index is -3.56. The Morgan fingerprint density at radius 2 is 1.93 bits per heavy atom. The van der Waals surface area contributed by atoms with Crippen molar-refractivity contribution in [2.75, 3.05) is 6.54 Å². The molecule has 4 nitrogen and oxygen atoms in total. The molecule has 15 heavy (non-hydrogen) atoms. The van der Waals surface area contributed by atoms with Crippen LogP contribution in [0.1, 0.15) is 24.4 Å². The number of primary sulfonamides is 1. The lowest BCUT2D eigenvalue weighted by Crippen LogP contribution is -2.14. The van der Waals surface area contributed by atoms with Gasteiger partial charge in [-0.05, 0) is 37.1 Å². The molecule has 1 fully saturated rings. The van der Waals surface area contributed by atoms with E-state index in [4.69, 9.17) is 5.14 Å². The molecule has 0 amide bonds. The molecule has 3 N–H and O–H groups in total. The zero-order chi connectivity index (χ0) is 10.9. The van der Waals surface area contributed by atoms with Gasteiger partial charge in [0.2, 0.25) is 10.0 Å². The second kappa shape index (κ2) is 3.92. The lowest BCUT2D eigenvalue weighted by atomic mass is 10.1. The van der Waals surface area contributed by atoms with Gasteiger partial charge in [0.25, 0.3) is 0 Å². The van der Waals surface area contributed by atoms with Crippen molar-refractivity contribution in [2.24, 2.45) is 5.14 Å². The van der Waals surface area contributed by atoms with Crippen LogP contribution < -0.4 is 10.5 Å². The van der Waals surface area contributed by atoms with Gasteiger partial charge in [-0.3, -0.25) is 0 Å². The molecule has 5 heteroatoms. The van der Waals surface area contributed by atoms with Crippen molar-refractivity contribution >= 4 is 10.0 Å². The molecule has 0 unspecified atom stereocenters. The minimum absolute atomic E-state index is 0.171. The number of rotatable bonds is 2. The Bertz CT molecular complexity index is 433. The van der Waals surface area contributed by atoms with Gasteiger partial charge in [0.1, 0.15) is 0 Å². The van der Waals surface area contributed by atoms with E-state index in [1.165, 1.54) is 6.42 Å². The summed E-state index contributed by atoms with van der Waals surface area (Å²) in [6.07, 6.45) is 2.27. The number of benzene rings is 1. The first-order valence-electron chi connectivity index (χ1n) is 4.93. The van der Waals surface area contributed by atoms with E-state index in [1.807, 2.05) is 12.1 Å². The number of nitrogens with two attached hydrogens (primary N) is 1. The number of hydrogen-bond donors (Lipinski definition) is 2. The molecule has 1 heterocycles. The summed E-state index contributed by atoms with van der Waals surface area (Å²) >= 11 is 0. The highest BCUT2D eigenvalue weighted by Crippen LogP contribution is 2.23.